The van der Waals surface area contributed by atoms with Crippen molar-refractivity contribution in [3.63, 3.8) is 0 Å². The van der Waals surface area contributed by atoms with Crippen LogP contribution in [0.2, 0.25) is 0 Å². The summed E-state index contributed by atoms with van der Waals surface area (Å²) in [6.07, 6.45) is 3.19. The summed E-state index contributed by atoms with van der Waals surface area (Å²) in [5.74, 6) is 0.889. The quantitative estimate of drug-likeness (QED) is 0.738. The zero-order chi connectivity index (χ0) is 21.2. The molecule has 1 saturated heterocycles. The van der Waals surface area contributed by atoms with E-state index in [-0.39, 0.29) is 23.0 Å². The number of nitrogens with zero attached hydrogens (tertiary/aromatic N) is 2. The average molecular weight is 404 g/mol. The fourth-order valence-corrected chi connectivity index (χ4v) is 4.20. The molecule has 7 nitrogen and oxygen atoms in total. The van der Waals surface area contributed by atoms with Crippen LogP contribution in [0.4, 0.5) is 0 Å². The number of furan rings is 1. The van der Waals surface area contributed by atoms with Crippen LogP contribution in [-0.4, -0.2) is 66.7 Å². The van der Waals surface area contributed by atoms with Gasteiger partial charge in [0.25, 0.3) is 5.91 Å². The number of hydrogen-bond donors (Lipinski definition) is 1. The number of nitrogens with one attached hydrogen (secondary N) is 1. The lowest BCUT2D eigenvalue weighted by Gasteiger charge is -2.34. The summed E-state index contributed by atoms with van der Waals surface area (Å²) < 4.78 is 5.91. The van der Waals surface area contributed by atoms with Gasteiger partial charge in [0.15, 0.2) is 11.5 Å². The SMILES string of the molecule is CCCCNC(=O)CN1CCN(C(=O)c2oc3c(c2C)C(=O)CC(C)(C)C3)CC1. The topological polar surface area (TPSA) is 82.9 Å². The first-order chi connectivity index (χ1) is 13.7. The van der Waals surface area contributed by atoms with Crippen LogP contribution in [-0.2, 0) is 11.2 Å². The molecular weight excluding hydrogens is 370 g/mol. The normalized spacial score (nSPS) is 19.2. The summed E-state index contributed by atoms with van der Waals surface area (Å²) in [5, 5.41) is 2.93. The number of rotatable bonds is 6. The number of piperazine rings is 1. The first-order valence-electron chi connectivity index (χ1n) is 10.7. The van der Waals surface area contributed by atoms with Gasteiger partial charge in [-0.3, -0.25) is 19.3 Å². The summed E-state index contributed by atoms with van der Waals surface area (Å²) in [7, 11) is 0. The van der Waals surface area contributed by atoms with Crippen molar-refractivity contribution in [1.82, 2.24) is 15.1 Å². The molecule has 1 aromatic rings. The van der Waals surface area contributed by atoms with E-state index >= 15 is 0 Å². The molecular formula is C22H33N3O4. The van der Waals surface area contributed by atoms with E-state index in [9.17, 15) is 14.4 Å². The minimum Gasteiger partial charge on any atom is -0.455 e. The van der Waals surface area contributed by atoms with Gasteiger partial charge in [0.2, 0.25) is 5.91 Å². The Bertz CT molecular complexity index is 788. The van der Waals surface area contributed by atoms with E-state index in [2.05, 4.69) is 17.1 Å². The van der Waals surface area contributed by atoms with Crippen LogP contribution >= 0.6 is 0 Å². The zero-order valence-electron chi connectivity index (χ0n) is 18.1. The summed E-state index contributed by atoms with van der Waals surface area (Å²) in [6.45, 7) is 11.5. The van der Waals surface area contributed by atoms with Crippen LogP contribution in [0.1, 0.15) is 72.3 Å². The number of ketones is 1. The highest BCUT2D eigenvalue weighted by molar-refractivity contribution is 6.03. The number of unbranched alkanes of at least 4 members (excludes halogenated alkanes) is 1. The second-order valence-electron chi connectivity index (χ2n) is 9.07. The maximum atomic E-state index is 13.0. The molecule has 1 aliphatic heterocycles. The molecule has 0 atom stereocenters. The van der Waals surface area contributed by atoms with E-state index in [0.717, 1.165) is 12.8 Å². The first-order valence-corrected chi connectivity index (χ1v) is 10.7. The Morgan fingerprint density at radius 3 is 2.48 bits per heavy atom. The van der Waals surface area contributed by atoms with Gasteiger partial charge in [0, 0.05) is 51.1 Å². The van der Waals surface area contributed by atoms with Crippen LogP contribution < -0.4 is 5.32 Å². The van der Waals surface area contributed by atoms with Crippen LogP contribution in [0.15, 0.2) is 4.42 Å². The van der Waals surface area contributed by atoms with E-state index in [1.54, 1.807) is 4.90 Å². The largest absolute Gasteiger partial charge is 0.455 e. The second kappa shape index (κ2) is 8.69. The molecule has 29 heavy (non-hydrogen) atoms. The predicted octanol–water partition coefficient (Wildman–Crippen LogP) is 2.42. The number of hydrogen-bond acceptors (Lipinski definition) is 5. The lowest BCUT2D eigenvalue weighted by atomic mass is 9.76. The van der Waals surface area contributed by atoms with Gasteiger partial charge in [-0.05, 0) is 18.8 Å². The Morgan fingerprint density at radius 2 is 1.83 bits per heavy atom. The minimum absolute atomic E-state index is 0.0360. The van der Waals surface area contributed by atoms with Gasteiger partial charge in [-0.1, -0.05) is 27.2 Å². The van der Waals surface area contributed by atoms with Crippen LogP contribution in [0.25, 0.3) is 0 Å². The predicted molar refractivity (Wildman–Crippen MR) is 110 cm³/mol. The molecule has 0 unspecified atom stereocenters. The lowest BCUT2D eigenvalue weighted by molar-refractivity contribution is -0.122. The Morgan fingerprint density at radius 1 is 1.14 bits per heavy atom. The molecule has 7 heteroatoms. The standard InChI is InChI=1S/C22H33N3O4/c1-5-6-7-23-18(27)14-24-8-10-25(11-9-24)21(28)20-15(2)19-16(26)12-22(3,4)13-17(19)29-20/h5-14H2,1-4H3,(H,23,27). The summed E-state index contributed by atoms with van der Waals surface area (Å²) in [4.78, 5) is 41.4. The Labute approximate surface area is 172 Å². The minimum atomic E-state index is -0.158. The van der Waals surface area contributed by atoms with Crippen LogP contribution in [0.5, 0.6) is 0 Å². The molecule has 2 heterocycles. The van der Waals surface area contributed by atoms with Gasteiger partial charge >= 0.3 is 0 Å². The summed E-state index contributed by atoms with van der Waals surface area (Å²) >= 11 is 0. The van der Waals surface area contributed by atoms with Crippen LogP contribution in [0, 0.1) is 12.3 Å². The highest BCUT2D eigenvalue weighted by Crippen LogP contribution is 2.38. The molecule has 2 amide bonds. The molecule has 0 aromatic carbocycles. The molecule has 3 rings (SSSR count). The number of carbonyl (C=O) groups is 3. The van der Waals surface area contributed by atoms with Gasteiger partial charge in [0.05, 0.1) is 12.1 Å². The molecule has 0 spiro atoms. The molecule has 160 valence electrons. The van der Waals surface area contributed by atoms with Crippen molar-refractivity contribution in [2.45, 2.75) is 53.4 Å². The number of carbonyl (C=O) groups excluding carboxylic acids is 3. The van der Waals surface area contributed by atoms with Gasteiger partial charge < -0.3 is 14.6 Å². The monoisotopic (exact) mass is 403 g/mol. The molecule has 2 aliphatic rings. The number of Topliss-reactive ketones (excluding diaryl/α,β-unsaturated/α-hetero) is 1. The summed E-state index contributed by atoms with van der Waals surface area (Å²) in [5.41, 5.74) is 1.14. The second-order valence-corrected chi connectivity index (χ2v) is 9.07. The molecule has 1 aliphatic carbocycles. The van der Waals surface area contributed by atoms with Crippen molar-refractivity contribution in [3.05, 3.63) is 22.6 Å². The fraction of sp³-hybridized carbons (Fsp3) is 0.682. The van der Waals surface area contributed by atoms with Crippen molar-refractivity contribution < 1.29 is 18.8 Å². The third-order valence-electron chi connectivity index (χ3n) is 5.85. The zero-order valence-corrected chi connectivity index (χ0v) is 18.1. The molecule has 1 aromatic heterocycles. The maximum absolute atomic E-state index is 13.0. The molecule has 0 bridgehead atoms. The van der Waals surface area contributed by atoms with Gasteiger partial charge in [-0.25, -0.2) is 0 Å². The maximum Gasteiger partial charge on any atom is 0.289 e. The first kappa shape index (κ1) is 21.6. The van der Waals surface area contributed by atoms with E-state index in [0.29, 0.717) is 74.8 Å². The molecule has 0 radical (unpaired) electrons. The van der Waals surface area contributed by atoms with E-state index in [1.807, 2.05) is 20.8 Å². The van der Waals surface area contributed by atoms with Gasteiger partial charge in [-0.2, -0.15) is 0 Å². The summed E-state index contributed by atoms with van der Waals surface area (Å²) in [6, 6.07) is 0. The van der Waals surface area contributed by atoms with Crippen molar-refractivity contribution in [2.75, 3.05) is 39.3 Å². The van der Waals surface area contributed by atoms with Crippen molar-refractivity contribution in [1.29, 1.82) is 0 Å². The fourth-order valence-electron chi connectivity index (χ4n) is 4.20. The molecule has 1 fully saturated rings. The smallest absolute Gasteiger partial charge is 0.289 e. The lowest BCUT2D eigenvalue weighted by Crippen LogP contribution is -2.51. The third kappa shape index (κ3) is 4.89. The van der Waals surface area contributed by atoms with Crippen LogP contribution in [0.3, 0.4) is 0 Å². The van der Waals surface area contributed by atoms with Crippen molar-refractivity contribution in [2.24, 2.45) is 5.41 Å². The number of amides is 2. The average Bonchev–Trinajstić information content (AvgIpc) is 2.97. The van der Waals surface area contributed by atoms with Crippen molar-refractivity contribution >= 4 is 17.6 Å². The van der Waals surface area contributed by atoms with Gasteiger partial charge in [0.1, 0.15) is 5.76 Å². The third-order valence-corrected chi connectivity index (χ3v) is 5.85. The molecule has 0 saturated carbocycles. The molecule has 1 N–H and O–H groups in total. The van der Waals surface area contributed by atoms with Crippen molar-refractivity contribution in [3.8, 4) is 0 Å². The highest BCUT2D eigenvalue weighted by Gasteiger charge is 2.38. The Balaban J connectivity index is 1.59. The highest BCUT2D eigenvalue weighted by atomic mass is 16.4. The van der Waals surface area contributed by atoms with Gasteiger partial charge in [-0.15, -0.1) is 0 Å². The number of fused-ring (bicyclic) bond motifs is 1. The van der Waals surface area contributed by atoms with E-state index < -0.39 is 0 Å². The Hall–Kier alpha value is -2.15. The van der Waals surface area contributed by atoms with E-state index in [1.165, 1.54) is 0 Å². The van der Waals surface area contributed by atoms with E-state index in [4.69, 9.17) is 4.42 Å². The Kier molecular flexibility index (Phi) is 6.46.